The lowest BCUT2D eigenvalue weighted by Crippen LogP contribution is -1.97. The first kappa shape index (κ1) is 12.0. The van der Waals surface area contributed by atoms with Crippen LogP contribution in [0.1, 0.15) is 11.1 Å². The Balaban J connectivity index is 2.46. The second-order valence-corrected chi connectivity index (χ2v) is 4.67. The van der Waals surface area contributed by atoms with E-state index in [0.717, 1.165) is 22.3 Å². The molecule has 4 heteroatoms. The van der Waals surface area contributed by atoms with Crippen LogP contribution >= 0.6 is 0 Å². The van der Waals surface area contributed by atoms with E-state index in [-0.39, 0.29) is 5.75 Å². The Kier molecular flexibility index (Phi) is 3.66. The van der Waals surface area contributed by atoms with Gasteiger partial charge in [0, 0.05) is 18.1 Å². The van der Waals surface area contributed by atoms with E-state index in [0.29, 0.717) is 0 Å². The van der Waals surface area contributed by atoms with Crippen LogP contribution in [-0.2, 0) is 16.8 Å². The van der Waals surface area contributed by atoms with Crippen LogP contribution in [0.2, 0.25) is 0 Å². The standard InChI is InChI=1S/C13H13NO2S/c1-10-12(9-17(15)16)3-2-4-13(10)11-5-7-14-8-6-11/h2-8H,9H2,1H3,(H,15,16)/p-1. The highest BCUT2D eigenvalue weighted by atomic mass is 32.2. The average Bonchev–Trinajstić information content (AvgIpc) is 2.32. The molecule has 0 aliphatic heterocycles. The number of nitrogens with zero attached hydrogens (tertiary/aromatic N) is 1. The van der Waals surface area contributed by atoms with Gasteiger partial charge in [-0.25, -0.2) is 0 Å². The number of rotatable bonds is 3. The van der Waals surface area contributed by atoms with E-state index < -0.39 is 11.1 Å². The SMILES string of the molecule is Cc1c(CS(=O)[O-])cccc1-c1ccncc1. The van der Waals surface area contributed by atoms with Crippen LogP contribution in [0.25, 0.3) is 11.1 Å². The van der Waals surface area contributed by atoms with Gasteiger partial charge in [0.25, 0.3) is 0 Å². The first-order valence-corrected chi connectivity index (χ1v) is 6.47. The van der Waals surface area contributed by atoms with Crippen molar-refractivity contribution in [2.45, 2.75) is 12.7 Å². The maximum atomic E-state index is 10.8. The lowest BCUT2D eigenvalue weighted by molar-refractivity contribution is 0.536. The molecule has 0 amide bonds. The van der Waals surface area contributed by atoms with Crippen molar-refractivity contribution in [3.05, 3.63) is 53.9 Å². The third-order valence-corrected chi connectivity index (χ3v) is 3.26. The van der Waals surface area contributed by atoms with Crippen LogP contribution in [0, 0.1) is 6.92 Å². The summed E-state index contributed by atoms with van der Waals surface area (Å²) in [5.74, 6) is 0.0603. The van der Waals surface area contributed by atoms with Gasteiger partial charge < -0.3 is 4.55 Å². The van der Waals surface area contributed by atoms with Crippen LogP contribution in [0.5, 0.6) is 0 Å². The molecule has 1 heterocycles. The molecular formula is C13H12NO2S-. The Morgan fingerprint density at radius 1 is 1.24 bits per heavy atom. The molecule has 1 atom stereocenters. The van der Waals surface area contributed by atoms with Gasteiger partial charge in [0.05, 0.1) is 0 Å². The van der Waals surface area contributed by atoms with Crippen molar-refractivity contribution in [1.82, 2.24) is 4.98 Å². The molecule has 0 saturated carbocycles. The van der Waals surface area contributed by atoms with E-state index in [1.165, 1.54) is 0 Å². The normalized spacial score (nSPS) is 12.4. The Bertz CT molecular complexity index is 540. The van der Waals surface area contributed by atoms with Gasteiger partial charge in [-0.15, -0.1) is 0 Å². The first-order valence-electron chi connectivity index (χ1n) is 5.23. The number of aromatic nitrogens is 1. The van der Waals surface area contributed by atoms with Crippen molar-refractivity contribution in [2.75, 3.05) is 0 Å². The predicted molar refractivity (Wildman–Crippen MR) is 67.0 cm³/mol. The second kappa shape index (κ2) is 5.21. The molecule has 0 fully saturated rings. The quantitative estimate of drug-likeness (QED) is 0.781. The summed E-state index contributed by atoms with van der Waals surface area (Å²) >= 11 is -2.05. The third-order valence-electron chi connectivity index (χ3n) is 2.71. The molecule has 0 spiro atoms. The largest absolute Gasteiger partial charge is 0.772 e. The highest BCUT2D eigenvalue weighted by molar-refractivity contribution is 7.78. The fraction of sp³-hybridized carbons (Fsp3) is 0.154. The molecule has 0 radical (unpaired) electrons. The van der Waals surface area contributed by atoms with Gasteiger partial charge in [-0.05, 0) is 41.3 Å². The molecule has 0 saturated heterocycles. The minimum Gasteiger partial charge on any atom is -0.772 e. The molecule has 2 aromatic rings. The zero-order valence-electron chi connectivity index (χ0n) is 9.42. The molecule has 88 valence electrons. The molecule has 1 unspecified atom stereocenters. The third kappa shape index (κ3) is 2.78. The van der Waals surface area contributed by atoms with Crippen LogP contribution in [0.3, 0.4) is 0 Å². The zero-order valence-corrected chi connectivity index (χ0v) is 10.2. The van der Waals surface area contributed by atoms with Gasteiger partial charge in [0.2, 0.25) is 0 Å². The fourth-order valence-corrected chi connectivity index (χ4v) is 2.38. The summed E-state index contributed by atoms with van der Waals surface area (Å²) in [6, 6.07) is 9.54. The molecule has 0 aliphatic carbocycles. The van der Waals surface area contributed by atoms with E-state index in [2.05, 4.69) is 4.98 Å². The van der Waals surface area contributed by atoms with Crippen molar-refractivity contribution in [2.24, 2.45) is 0 Å². The van der Waals surface area contributed by atoms with Gasteiger partial charge in [-0.2, -0.15) is 0 Å². The van der Waals surface area contributed by atoms with E-state index >= 15 is 0 Å². The summed E-state index contributed by atoms with van der Waals surface area (Å²) in [6.07, 6.45) is 3.46. The van der Waals surface area contributed by atoms with Crippen LogP contribution in [0.15, 0.2) is 42.7 Å². The second-order valence-electron chi connectivity index (χ2n) is 3.77. The summed E-state index contributed by atoms with van der Waals surface area (Å²) in [5.41, 5.74) is 3.95. The summed E-state index contributed by atoms with van der Waals surface area (Å²) in [6.45, 7) is 1.94. The molecule has 17 heavy (non-hydrogen) atoms. The first-order chi connectivity index (χ1) is 8.18. The molecule has 0 bridgehead atoms. The van der Waals surface area contributed by atoms with Crippen molar-refractivity contribution < 1.29 is 8.76 Å². The summed E-state index contributed by atoms with van der Waals surface area (Å²) < 4.78 is 21.5. The molecule has 3 nitrogen and oxygen atoms in total. The fourth-order valence-electron chi connectivity index (χ4n) is 1.81. The number of hydrogen-bond acceptors (Lipinski definition) is 3. The van der Waals surface area contributed by atoms with Gasteiger partial charge in [-0.3, -0.25) is 9.19 Å². The molecule has 0 aliphatic rings. The lowest BCUT2D eigenvalue weighted by atomic mass is 9.98. The lowest BCUT2D eigenvalue weighted by Gasteiger charge is -2.12. The zero-order chi connectivity index (χ0) is 12.3. The van der Waals surface area contributed by atoms with Crippen molar-refractivity contribution >= 4 is 11.1 Å². The van der Waals surface area contributed by atoms with E-state index in [1.54, 1.807) is 12.4 Å². The van der Waals surface area contributed by atoms with Gasteiger partial charge in [-0.1, -0.05) is 29.3 Å². The van der Waals surface area contributed by atoms with Crippen LogP contribution in [0.4, 0.5) is 0 Å². The maximum Gasteiger partial charge on any atom is 0.0356 e. The highest BCUT2D eigenvalue weighted by Crippen LogP contribution is 2.25. The minimum absolute atomic E-state index is 0.0603. The molecule has 0 N–H and O–H groups in total. The molecule has 2 rings (SSSR count). The van der Waals surface area contributed by atoms with Crippen LogP contribution in [-0.4, -0.2) is 13.7 Å². The number of benzene rings is 1. The monoisotopic (exact) mass is 246 g/mol. The predicted octanol–water partition coefficient (Wildman–Crippen LogP) is 2.44. The Morgan fingerprint density at radius 3 is 2.59 bits per heavy atom. The number of pyridine rings is 1. The molecular weight excluding hydrogens is 234 g/mol. The Labute approximate surface area is 103 Å². The summed E-state index contributed by atoms with van der Waals surface area (Å²) in [5, 5.41) is 0. The molecule has 1 aromatic heterocycles. The Hall–Kier alpha value is -1.52. The van der Waals surface area contributed by atoms with Crippen molar-refractivity contribution in [3.63, 3.8) is 0 Å². The molecule has 1 aromatic carbocycles. The topological polar surface area (TPSA) is 53.0 Å². The van der Waals surface area contributed by atoms with Crippen LogP contribution < -0.4 is 0 Å². The smallest absolute Gasteiger partial charge is 0.0356 e. The van der Waals surface area contributed by atoms with Gasteiger partial charge in [0.1, 0.15) is 0 Å². The van der Waals surface area contributed by atoms with E-state index in [1.807, 2.05) is 37.3 Å². The van der Waals surface area contributed by atoms with E-state index in [9.17, 15) is 8.76 Å². The average molecular weight is 246 g/mol. The van der Waals surface area contributed by atoms with Gasteiger partial charge in [0.15, 0.2) is 0 Å². The maximum absolute atomic E-state index is 10.8. The van der Waals surface area contributed by atoms with E-state index in [4.69, 9.17) is 0 Å². The number of hydrogen-bond donors (Lipinski definition) is 0. The van der Waals surface area contributed by atoms with Crippen molar-refractivity contribution in [3.8, 4) is 11.1 Å². The highest BCUT2D eigenvalue weighted by Gasteiger charge is 2.05. The summed E-state index contributed by atoms with van der Waals surface area (Å²) in [4.78, 5) is 3.97. The summed E-state index contributed by atoms with van der Waals surface area (Å²) in [7, 11) is 0. The minimum atomic E-state index is -2.05. The van der Waals surface area contributed by atoms with Gasteiger partial charge >= 0.3 is 0 Å². The van der Waals surface area contributed by atoms with Crippen molar-refractivity contribution in [1.29, 1.82) is 0 Å². The Morgan fingerprint density at radius 2 is 1.94 bits per heavy atom.